The largest absolute Gasteiger partial charge is 0.444 e. The van der Waals surface area contributed by atoms with Crippen molar-refractivity contribution in [3.63, 3.8) is 0 Å². The molecule has 1 aliphatic carbocycles. The summed E-state index contributed by atoms with van der Waals surface area (Å²) in [6.45, 7) is 5.56. The number of ether oxygens (including phenoxy) is 1. The maximum Gasteiger partial charge on any atom is 0.408 e. The molecule has 98 valence electrons. The van der Waals surface area contributed by atoms with Crippen LogP contribution in [0.2, 0.25) is 5.02 Å². The molecule has 4 heteroatoms. The Hall–Kier alpha value is -1.22. The van der Waals surface area contributed by atoms with Crippen molar-refractivity contribution in [2.24, 2.45) is 0 Å². The molecule has 1 N–H and O–H groups in total. The van der Waals surface area contributed by atoms with Crippen LogP contribution in [0.4, 0.5) is 4.79 Å². The molecule has 0 saturated heterocycles. The quantitative estimate of drug-likeness (QED) is 0.884. The number of carbonyl (C=O) groups is 1. The van der Waals surface area contributed by atoms with E-state index in [4.69, 9.17) is 16.3 Å². The Morgan fingerprint density at radius 2 is 2.06 bits per heavy atom. The van der Waals surface area contributed by atoms with Gasteiger partial charge in [-0.25, -0.2) is 4.79 Å². The fourth-order valence-corrected chi connectivity index (χ4v) is 2.09. The third kappa shape index (κ3) is 3.16. The summed E-state index contributed by atoms with van der Waals surface area (Å²) >= 11 is 5.98. The first-order valence-electron chi connectivity index (χ1n) is 6.08. The van der Waals surface area contributed by atoms with Crippen molar-refractivity contribution in [3.05, 3.63) is 34.9 Å². The van der Waals surface area contributed by atoms with Gasteiger partial charge in [-0.1, -0.05) is 23.7 Å². The van der Waals surface area contributed by atoms with Crippen LogP contribution in [0.5, 0.6) is 0 Å². The van der Waals surface area contributed by atoms with Crippen molar-refractivity contribution < 1.29 is 9.53 Å². The molecule has 0 radical (unpaired) electrons. The lowest BCUT2D eigenvalue weighted by Crippen LogP contribution is -2.39. The lowest BCUT2D eigenvalue weighted by molar-refractivity contribution is 0.0495. The standard InChI is InChI=1S/C14H18ClNO2/c1-13(2,3)18-12(17)16-14(7-8-14)10-5-4-6-11(15)9-10/h4-6,9H,7-8H2,1-3H3,(H,16,17). The van der Waals surface area contributed by atoms with Crippen LogP contribution in [0.15, 0.2) is 24.3 Å². The van der Waals surface area contributed by atoms with Gasteiger partial charge in [0.25, 0.3) is 0 Å². The van der Waals surface area contributed by atoms with Crippen molar-refractivity contribution in [1.29, 1.82) is 0 Å². The van der Waals surface area contributed by atoms with Crippen molar-refractivity contribution in [1.82, 2.24) is 5.32 Å². The van der Waals surface area contributed by atoms with Crippen LogP contribution in [-0.2, 0) is 10.3 Å². The van der Waals surface area contributed by atoms with Crippen molar-refractivity contribution in [3.8, 4) is 0 Å². The van der Waals surface area contributed by atoms with Gasteiger partial charge in [0.1, 0.15) is 5.60 Å². The molecule has 1 aromatic carbocycles. The number of nitrogens with one attached hydrogen (secondary N) is 1. The number of amides is 1. The fourth-order valence-electron chi connectivity index (χ4n) is 1.90. The van der Waals surface area contributed by atoms with E-state index in [2.05, 4.69) is 5.32 Å². The highest BCUT2D eigenvalue weighted by Gasteiger charge is 2.46. The Kier molecular flexibility index (Phi) is 3.28. The molecule has 1 saturated carbocycles. The average molecular weight is 268 g/mol. The smallest absolute Gasteiger partial charge is 0.408 e. The normalized spacial score (nSPS) is 17.1. The highest BCUT2D eigenvalue weighted by molar-refractivity contribution is 6.30. The Morgan fingerprint density at radius 1 is 1.39 bits per heavy atom. The van der Waals surface area contributed by atoms with Gasteiger partial charge in [-0.05, 0) is 51.3 Å². The van der Waals surface area contributed by atoms with Gasteiger partial charge in [0.15, 0.2) is 0 Å². The number of hydrogen-bond acceptors (Lipinski definition) is 2. The van der Waals surface area contributed by atoms with E-state index in [1.54, 1.807) is 0 Å². The van der Waals surface area contributed by atoms with Gasteiger partial charge in [0, 0.05) is 5.02 Å². The van der Waals surface area contributed by atoms with Gasteiger partial charge in [-0.3, -0.25) is 0 Å². The van der Waals surface area contributed by atoms with E-state index >= 15 is 0 Å². The van der Waals surface area contributed by atoms with Crippen LogP contribution < -0.4 is 5.32 Å². The topological polar surface area (TPSA) is 38.3 Å². The Morgan fingerprint density at radius 3 is 2.56 bits per heavy atom. The number of benzene rings is 1. The molecule has 0 aliphatic heterocycles. The Bertz CT molecular complexity index is 461. The van der Waals surface area contributed by atoms with E-state index < -0.39 is 5.60 Å². The molecule has 0 aromatic heterocycles. The van der Waals surface area contributed by atoms with Gasteiger partial charge < -0.3 is 10.1 Å². The predicted octanol–water partition coefficient (Wildman–Crippen LogP) is 3.85. The van der Waals surface area contributed by atoms with Crippen LogP contribution in [0, 0.1) is 0 Å². The number of alkyl carbamates (subject to hydrolysis) is 1. The molecule has 1 fully saturated rings. The lowest BCUT2D eigenvalue weighted by Gasteiger charge is -2.23. The fraction of sp³-hybridized carbons (Fsp3) is 0.500. The summed E-state index contributed by atoms with van der Waals surface area (Å²) in [5, 5.41) is 3.63. The highest BCUT2D eigenvalue weighted by atomic mass is 35.5. The molecule has 0 unspecified atom stereocenters. The van der Waals surface area contributed by atoms with Crippen molar-refractivity contribution in [2.75, 3.05) is 0 Å². The molecule has 0 heterocycles. The predicted molar refractivity (Wildman–Crippen MR) is 71.7 cm³/mol. The summed E-state index contributed by atoms with van der Waals surface area (Å²) in [6, 6.07) is 7.60. The van der Waals surface area contributed by atoms with E-state index in [1.807, 2.05) is 45.0 Å². The third-order valence-corrected chi connectivity index (χ3v) is 3.10. The monoisotopic (exact) mass is 267 g/mol. The summed E-state index contributed by atoms with van der Waals surface area (Å²) in [5.74, 6) is 0. The second kappa shape index (κ2) is 4.47. The first-order valence-corrected chi connectivity index (χ1v) is 6.46. The second-order valence-electron chi connectivity index (χ2n) is 5.72. The van der Waals surface area contributed by atoms with Crippen LogP contribution in [-0.4, -0.2) is 11.7 Å². The van der Waals surface area contributed by atoms with Crippen LogP contribution >= 0.6 is 11.6 Å². The zero-order valence-electron chi connectivity index (χ0n) is 10.9. The van der Waals surface area contributed by atoms with Crippen molar-refractivity contribution in [2.45, 2.75) is 44.8 Å². The summed E-state index contributed by atoms with van der Waals surface area (Å²) < 4.78 is 5.28. The van der Waals surface area contributed by atoms with Gasteiger partial charge in [0.05, 0.1) is 5.54 Å². The zero-order valence-corrected chi connectivity index (χ0v) is 11.7. The Balaban J connectivity index is 2.07. The molecule has 0 spiro atoms. The molecule has 18 heavy (non-hydrogen) atoms. The SMILES string of the molecule is CC(C)(C)OC(=O)NC1(c2cccc(Cl)c2)CC1. The summed E-state index contributed by atoms with van der Waals surface area (Å²) in [7, 11) is 0. The van der Waals surface area contributed by atoms with Gasteiger partial charge in [-0.15, -0.1) is 0 Å². The number of halogens is 1. The molecular formula is C14H18ClNO2. The van der Waals surface area contributed by atoms with Crippen LogP contribution in [0.25, 0.3) is 0 Å². The van der Waals surface area contributed by atoms with Crippen LogP contribution in [0.1, 0.15) is 39.2 Å². The zero-order chi connectivity index (χ0) is 13.4. The minimum Gasteiger partial charge on any atom is -0.444 e. The maximum atomic E-state index is 11.8. The first-order chi connectivity index (χ1) is 8.31. The third-order valence-electron chi connectivity index (χ3n) is 2.87. The molecule has 1 aliphatic rings. The molecule has 2 rings (SSSR count). The second-order valence-corrected chi connectivity index (χ2v) is 6.16. The number of rotatable bonds is 2. The van der Waals surface area contributed by atoms with Gasteiger partial charge in [-0.2, -0.15) is 0 Å². The Labute approximate surface area is 112 Å². The average Bonchev–Trinajstić information content (AvgIpc) is 2.95. The minimum atomic E-state index is -0.478. The molecule has 1 aromatic rings. The van der Waals surface area contributed by atoms with Crippen LogP contribution in [0.3, 0.4) is 0 Å². The first kappa shape index (κ1) is 13.2. The number of hydrogen-bond donors (Lipinski definition) is 1. The lowest BCUT2D eigenvalue weighted by atomic mass is 10.1. The van der Waals surface area contributed by atoms with E-state index in [0.717, 1.165) is 18.4 Å². The van der Waals surface area contributed by atoms with E-state index in [9.17, 15) is 4.79 Å². The molecule has 0 bridgehead atoms. The van der Waals surface area contributed by atoms with E-state index in [1.165, 1.54) is 0 Å². The van der Waals surface area contributed by atoms with Gasteiger partial charge in [0.2, 0.25) is 0 Å². The maximum absolute atomic E-state index is 11.8. The minimum absolute atomic E-state index is 0.284. The van der Waals surface area contributed by atoms with Gasteiger partial charge >= 0.3 is 6.09 Å². The summed E-state index contributed by atoms with van der Waals surface area (Å²) in [5.41, 5.74) is 0.280. The van der Waals surface area contributed by atoms with E-state index in [-0.39, 0.29) is 11.6 Å². The highest BCUT2D eigenvalue weighted by Crippen LogP contribution is 2.46. The van der Waals surface area contributed by atoms with E-state index in [0.29, 0.717) is 5.02 Å². The summed E-state index contributed by atoms with van der Waals surface area (Å²) in [4.78, 5) is 11.8. The molecule has 1 amide bonds. The molecule has 0 atom stereocenters. The number of carbonyl (C=O) groups excluding carboxylic acids is 1. The molecule has 3 nitrogen and oxygen atoms in total. The summed E-state index contributed by atoms with van der Waals surface area (Å²) in [6.07, 6.45) is 1.47. The van der Waals surface area contributed by atoms with Crippen molar-refractivity contribution >= 4 is 17.7 Å². The molecular weight excluding hydrogens is 250 g/mol.